The normalized spacial score (nSPS) is 9.43. The van der Waals surface area contributed by atoms with Crippen LogP contribution in [0.2, 0.25) is 0 Å². The lowest BCUT2D eigenvalue weighted by molar-refractivity contribution is 0.143. The van der Waals surface area contributed by atoms with E-state index in [4.69, 9.17) is 20.5 Å². The third-order valence-corrected chi connectivity index (χ3v) is 1.52. The smallest absolute Gasteiger partial charge is 0.231 e. The standard InChI is InChI=1S/C9H11N3O2/c1-13-2-3-14-9-7(5-10)4-8(11)6-12-9/h4,6H,2-3,11H2,1H3. The summed E-state index contributed by atoms with van der Waals surface area (Å²) in [6, 6.07) is 3.48. The molecule has 0 aliphatic heterocycles. The molecule has 0 bridgehead atoms. The van der Waals surface area contributed by atoms with Crippen molar-refractivity contribution in [2.75, 3.05) is 26.1 Å². The zero-order chi connectivity index (χ0) is 10.4. The Morgan fingerprint density at radius 2 is 2.36 bits per heavy atom. The number of rotatable bonds is 4. The van der Waals surface area contributed by atoms with Crippen molar-refractivity contribution >= 4 is 5.69 Å². The first-order chi connectivity index (χ1) is 6.77. The van der Waals surface area contributed by atoms with Gasteiger partial charge in [0.2, 0.25) is 5.88 Å². The van der Waals surface area contributed by atoms with Gasteiger partial charge in [0.05, 0.1) is 18.5 Å². The minimum Gasteiger partial charge on any atom is -0.474 e. The van der Waals surface area contributed by atoms with E-state index < -0.39 is 0 Å². The third-order valence-electron chi connectivity index (χ3n) is 1.52. The number of methoxy groups -OCH3 is 1. The zero-order valence-corrected chi connectivity index (χ0v) is 7.86. The van der Waals surface area contributed by atoms with Crippen LogP contribution in [-0.2, 0) is 4.74 Å². The van der Waals surface area contributed by atoms with Gasteiger partial charge in [-0.05, 0) is 6.07 Å². The molecule has 0 aliphatic carbocycles. The number of nitrogens with two attached hydrogens (primary N) is 1. The molecule has 0 amide bonds. The summed E-state index contributed by atoms with van der Waals surface area (Å²) in [5.74, 6) is 0.291. The van der Waals surface area contributed by atoms with Gasteiger partial charge < -0.3 is 15.2 Å². The van der Waals surface area contributed by atoms with Crippen LogP contribution in [0.3, 0.4) is 0 Å². The van der Waals surface area contributed by atoms with Crippen molar-refractivity contribution in [1.29, 1.82) is 5.26 Å². The van der Waals surface area contributed by atoms with Gasteiger partial charge >= 0.3 is 0 Å². The molecular weight excluding hydrogens is 182 g/mol. The fourth-order valence-electron chi connectivity index (χ4n) is 0.885. The molecule has 0 atom stereocenters. The van der Waals surface area contributed by atoms with Crippen LogP contribution in [0.5, 0.6) is 5.88 Å². The lowest BCUT2D eigenvalue weighted by Crippen LogP contribution is -2.06. The maximum Gasteiger partial charge on any atom is 0.231 e. The maximum atomic E-state index is 8.74. The summed E-state index contributed by atoms with van der Waals surface area (Å²) >= 11 is 0. The summed E-state index contributed by atoms with van der Waals surface area (Å²) in [6.07, 6.45) is 1.45. The quantitative estimate of drug-likeness (QED) is 0.706. The van der Waals surface area contributed by atoms with Crippen LogP contribution in [-0.4, -0.2) is 25.3 Å². The Morgan fingerprint density at radius 1 is 1.57 bits per heavy atom. The fraction of sp³-hybridized carbons (Fsp3) is 0.333. The van der Waals surface area contributed by atoms with Gasteiger partial charge in [-0.2, -0.15) is 5.26 Å². The predicted molar refractivity (Wildman–Crippen MR) is 50.7 cm³/mol. The number of ether oxygens (including phenoxy) is 2. The van der Waals surface area contributed by atoms with E-state index in [2.05, 4.69) is 4.98 Å². The van der Waals surface area contributed by atoms with Crippen LogP contribution in [0.1, 0.15) is 5.56 Å². The van der Waals surface area contributed by atoms with Crippen LogP contribution >= 0.6 is 0 Å². The van der Waals surface area contributed by atoms with Gasteiger partial charge in [-0.3, -0.25) is 0 Å². The number of hydrogen-bond acceptors (Lipinski definition) is 5. The van der Waals surface area contributed by atoms with Gasteiger partial charge in [0.25, 0.3) is 0 Å². The summed E-state index contributed by atoms with van der Waals surface area (Å²) < 4.78 is 10.0. The lowest BCUT2D eigenvalue weighted by atomic mass is 10.3. The zero-order valence-electron chi connectivity index (χ0n) is 7.86. The van der Waals surface area contributed by atoms with Crippen molar-refractivity contribution < 1.29 is 9.47 Å². The average Bonchev–Trinajstić information content (AvgIpc) is 2.20. The van der Waals surface area contributed by atoms with Gasteiger partial charge in [-0.15, -0.1) is 0 Å². The minimum absolute atomic E-state index is 0.291. The molecule has 0 aliphatic rings. The minimum atomic E-state index is 0.291. The SMILES string of the molecule is COCCOc1ncc(N)cc1C#N. The number of nitrogen functional groups attached to an aromatic ring is 1. The Balaban J connectivity index is 2.72. The molecule has 1 aromatic heterocycles. The predicted octanol–water partition coefficient (Wildman–Crippen LogP) is 0.561. The Kier molecular flexibility index (Phi) is 3.70. The molecule has 0 aromatic carbocycles. The van der Waals surface area contributed by atoms with Crippen LogP contribution in [0, 0.1) is 11.3 Å². The molecule has 2 N–H and O–H groups in total. The first-order valence-electron chi connectivity index (χ1n) is 4.05. The van der Waals surface area contributed by atoms with E-state index >= 15 is 0 Å². The number of nitriles is 1. The highest BCUT2D eigenvalue weighted by Crippen LogP contribution is 2.16. The Bertz CT molecular complexity index is 346. The van der Waals surface area contributed by atoms with E-state index in [9.17, 15) is 0 Å². The number of pyridine rings is 1. The van der Waals surface area contributed by atoms with Gasteiger partial charge in [-0.25, -0.2) is 4.98 Å². The van der Waals surface area contributed by atoms with E-state index in [1.807, 2.05) is 6.07 Å². The van der Waals surface area contributed by atoms with Crippen molar-refractivity contribution in [2.45, 2.75) is 0 Å². The van der Waals surface area contributed by atoms with Gasteiger partial charge in [0.15, 0.2) is 0 Å². The lowest BCUT2D eigenvalue weighted by Gasteiger charge is -2.05. The number of hydrogen-bond donors (Lipinski definition) is 1. The highest BCUT2D eigenvalue weighted by Gasteiger charge is 2.04. The van der Waals surface area contributed by atoms with Gasteiger partial charge in [0, 0.05) is 7.11 Å². The highest BCUT2D eigenvalue weighted by atomic mass is 16.5. The van der Waals surface area contributed by atoms with E-state index in [0.29, 0.717) is 30.3 Å². The Labute approximate surface area is 82.1 Å². The number of nitrogens with zero attached hydrogens (tertiary/aromatic N) is 2. The van der Waals surface area contributed by atoms with Crippen molar-refractivity contribution in [2.24, 2.45) is 0 Å². The molecule has 0 unspecified atom stereocenters. The largest absolute Gasteiger partial charge is 0.474 e. The molecule has 0 fully saturated rings. The third kappa shape index (κ3) is 2.61. The Morgan fingerprint density at radius 3 is 3.00 bits per heavy atom. The van der Waals surface area contributed by atoms with Crippen molar-refractivity contribution in [3.8, 4) is 11.9 Å². The second-order valence-electron chi connectivity index (χ2n) is 2.57. The van der Waals surface area contributed by atoms with Crippen molar-refractivity contribution in [1.82, 2.24) is 4.98 Å². The topological polar surface area (TPSA) is 81.2 Å². The summed E-state index contributed by atoms with van der Waals surface area (Å²) in [5.41, 5.74) is 6.24. The monoisotopic (exact) mass is 193 g/mol. The molecule has 5 nitrogen and oxygen atoms in total. The molecule has 1 heterocycles. The second-order valence-corrected chi connectivity index (χ2v) is 2.57. The molecular formula is C9H11N3O2. The molecule has 1 aromatic rings. The maximum absolute atomic E-state index is 8.74. The van der Waals surface area contributed by atoms with Gasteiger partial charge in [-0.1, -0.05) is 0 Å². The van der Waals surface area contributed by atoms with Crippen LogP contribution in [0.4, 0.5) is 5.69 Å². The average molecular weight is 193 g/mol. The summed E-state index contributed by atoms with van der Waals surface area (Å²) in [6.45, 7) is 0.818. The number of anilines is 1. The molecule has 0 saturated carbocycles. The summed E-state index contributed by atoms with van der Waals surface area (Å²) in [7, 11) is 1.57. The van der Waals surface area contributed by atoms with Crippen molar-refractivity contribution in [3.05, 3.63) is 17.8 Å². The molecule has 0 saturated heterocycles. The first kappa shape index (κ1) is 10.3. The molecule has 5 heteroatoms. The fourth-order valence-corrected chi connectivity index (χ4v) is 0.885. The summed E-state index contributed by atoms with van der Waals surface area (Å²) in [4.78, 5) is 3.90. The van der Waals surface area contributed by atoms with Crippen molar-refractivity contribution in [3.63, 3.8) is 0 Å². The first-order valence-corrected chi connectivity index (χ1v) is 4.05. The highest BCUT2D eigenvalue weighted by molar-refractivity contribution is 5.48. The molecule has 74 valence electrons. The van der Waals surface area contributed by atoms with Crippen LogP contribution < -0.4 is 10.5 Å². The second kappa shape index (κ2) is 5.04. The molecule has 0 spiro atoms. The van der Waals surface area contributed by atoms with Crippen LogP contribution in [0.15, 0.2) is 12.3 Å². The van der Waals surface area contributed by atoms with Crippen LogP contribution in [0.25, 0.3) is 0 Å². The molecule has 0 radical (unpaired) electrons. The molecule has 14 heavy (non-hydrogen) atoms. The van der Waals surface area contributed by atoms with E-state index in [1.165, 1.54) is 12.3 Å². The Hall–Kier alpha value is -1.80. The van der Waals surface area contributed by atoms with E-state index in [1.54, 1.807) is 7.11 Å². The summed E-state index contributed by atoms with van der Waals surface area (Å²) in [5, 5.41) is 8.74. The van der Waals surface area contributed by atoms with E-state index in [-0.39, 0.29) is 0 Å². The van der Waals surface area contributed by atoms with Gasteiger partial charge in [0.1, 0.15) is 18.2 Å². The number of aromatic nitrogens is 1. The van der Waals surface area contributed by atoms with E-state index in [0.717, 1.165) is 0 Å². The molecule has 1 rings (SSSR count).